The Labute approximate surface area is 126 Å². The molecule has 2 aromatic carbocycles. The third-order valence-electron chi connectivity index (χ3n) is 2.91. The molecule has 2 nitrogen and oxygen atoms in total. The van der Waals surface area contributed by atoms with E-state index in [1.165, 1.54) is 12.1 Å². The van der Waals surface area contributed by atoms with Gasteiger partial charge in [0.05, 0.1) is 12.5 Å². The fraction of sp³-hybridized carbons (Fsp3) is 0.188. The van der Waals surface area contributed by atoms with Crippen LogP contribution < -0.4 is 4.90 Å². The second kappa shape index (κ2) is 7.06. The molecule has 0 spiro atoms. The van der Waals surface area contributed by atoms with Crippen molar-refractivity contribution in [3.63, 3.8) is 0 Å². The molecular weight excluding hydrogens is 319 g/mol. The summed E-state index contributed by atoms with van der Waals surface area (Å²) in [6.45, 7) is 1.19. The summed E-state index contributed by atoms with van der Waals surface area (Å²) in [6, 6.07) is 16.8. The molecule has 0 aliphatic rings. The third-order valence-corrected chi connectivity index (χ3v) is 3.37. The molecule has 0 amide bonds. The standard InChI is InChI=1S/C16H14BrFN2/c17-14-9-13(10-15(18)11-14)12-20(8-4-7-19)16-5-2-1-3-6-16/h1-3,5-6,9-11H,4,8,12H2. The van der Waals surface area contributed by atoms with Crippen molar-refractivity contribution in [3.05, 3.63) is 64.4 Å². The van der Waals surface area contributed by atoms with Crippen LogP contribution in [0.15, 0.2) is 53.0 Å². The first-order valence-electron chi connectivity index (χ1n) is 6.31. The first kappa shape index (κ1) is 14.5. The van der Waals surface area contributed by atoms with Crippen molar-refractivity contribution >= 4 is 21.6 Å². The van der Waals surface area contributed by atoms with E-state index in [9.17, 15) is 4.39 Å². The average molecular weight is 333 g/mol. The lowest BCUT2D eigenvalue weighted by Crippen LogP contribution is -2.23. The summed E-state index contributed by atoms with van der Waals surface area (Å²) in [5, 5.41) is 8.77. The Balaban J connectivity index is 2.21. The van der Waals surface area contributed by atoms with Crippen molar-refractivity contribution in [3.8, 4) is 6.07 Å². The molecule has 102 valence electrons. The maximum atomic E-state index is 13.4. The number of nitrogens with zero attached hydrogens (tertiary/aromatic N) is 2. The Kier molecular flexibility index (Phi) is 5.14. The minimum absolute atomic E-state index is 0.261. The highest BCUT2D eigenvalue weighted by Crippen LogP contribution is 2.20. The molecule has 2 aromatic rings. The van der Waals surface area contributed by atoms with Gasteiger partial charge in [-0.25, -0.2) is 4.39 Å². The number of para-hydroxylation sites is 1. The van der Waals surface area contributed by atoms with Crippen LogP contribution in [0.2, 0.25) is 0 Å². The summed E-state index contributed by atoms with van der Waals surface area (Å²) < 4.78 is 14.2. The fourth-order valence-electron chi connectivity index (χ4n) is 2.05. The van der Waals surface area contributed by atoms with Crippen molar-refractivity contribution < 1.29 is 4.39 Å². The minimum Gasteiger partial charge on any atom is -0.366 e. The van der Waals surface area contributed by atoms with Gasteiger partial charge in [0, 0.05) is 23.2 Å². The van der Waals surface area contributed by atoms with Gasteiger partial charge in [0.15, 0.2) is 0 Å². The first-order valence-corrected chi connectivity index (χ1v) is 7.10. The molecule has 0 aromatic heterocycles. The summed E-state index contributed by atoms with van der Waals surface area (Å²) in [6.07, 6.45) is 0.436. The van der Waals surface area contributed by atoms with E-state index in [1.807, 2.05) is 36.4 Å². The van der Waals surface area contributed by atoms with E-state index in [0.29, 0.717) is 19.5 Å². The van der Waals surface area contributed by atoms with Crippen LogP contribution in [0.4, 0.5) is 10.1 Å². The average Bonchev–Trinajstić information content (AvgIpc) is 2.43. The summed E-state index contributed by atoms with van der Waals surface area (Å²) >= 11 is 3.30. The Bertz CT molecular complexity index is 587. The van der Waals surface area contributed by atoms with Crippen LogP contribution >= 0.6 is 15.9 Å². The molecule has 0 heterocycles. The first-order chi connectivity index (χ1) is 9.69. The molecule has 4 heteroatoms. The van der Waals surface area contributed by atoms with E-state index < -0.39 is 0 Å². The van der Waals surface area contributed by atoms with Crippen LogP contribution in [0.25, 0.3) is 0 Å². The zero-order chi connectivity index (χ0) is 14.4. The van der Waals surface area contributed by atoms with Crippen LogP contribution in [0.5, 0.6) is 0 Å². The summed E-state index contributed by atoms with van der Waals surface area (Å²) in [5.74, 6) is -0.261. The SMILES string of the molecule is N#CCCN(Cc1cc(F)cc(Br)c1)c1ccccc1. The fourth-order valence-corrected chi connectivity index (χ4v) is 2.56. The van der Waals surface area contributed by atoms with E-state index in [2.05, 4.69) is 26.9 Å². The lowest BCUT2D eigenvalue weighted by Gasteiger charge is -2.24. The Morgan fingerprint density at radius 3 is 2.55 bits per heavy atom. The van der Waals surface area contributed by atoms with Crippen molar-refractivity contribution in [2.24, 2.45) is 0 Å². The van der Waals surface area contributed by atoms with Crippen LogP contribution in [-0.2, 0) is 6.54 Å². The van der Waals surface area contributed by atoms with Crippen LogP contribution in [0.1, 0.15) is 12.0 Å². The predicted molar refractivity (Wildman–Crippen MR) is 81.8 cm³/mol. The monoisotopic (exact) mass is 332 g/mol. The van der Waals surface area contributed by atoms with E-state index >= 15 is 0 Å². The molecule has 2 rings (SSSR count). The van der Waals surface area contributed by atoms with E-state index in [4.69, 9.17) is 5.26 Å². The second-order valence-corrected chi connectivity index (χ2v) is 5.36. The zero-order valence-corrected chi connectivity index (χ0v) is 12.5. The molecule has 0 unspecified atom stereocenters. The number of halogens is 2. The lowest BCUT2D eigenvalue weighted by atomic mass is 10.2. The number of benzene rings is 2. The van der Waals surface area contributed by atoms with Crippen molar-refractivity contribution in [1.82, 2.24) is 0 Å². The van der Waals surface area contributed by atoms with Gasteiger partial charge in [0.25, 0.3) is 0 Å². The number of nitriles is 1. The van der Waals surface area contributed by atoms with E-state index in [-0.39, 0.29) is 5.82 Å². The van der Waals surface area contributed by atoms with Crippen LogP contribution in [0.3, 0.4) is 0 Å². The minimum atomic E-state index is -0.261. The van der Waals surface area contributed by atoms with Crippen LogP contribution in [0, 0.1) is 17.1 Å². The molecule has 0 aliphatic carbocycles. The highest BCUT2D eigenvalue weighted by Gasteiger charge is 2.08. The van der Waals surface area contributed by atoms with Gasteiger partial charge in [-0.15, -0.1) is 0 Å². The molecule has 0 fully saturated rings. The molecule has 0 aliphatic heterocycles. The number of hydrogen-bond donors (Lipinski definition) is 0. The topological polar surface area (TPSA) is 27.0 Å². The Morgan fingerprint density at radius 1 is 1.15 bits per heavy atom. The lowest BCUT2D eigenvalue weighted by molar-refractivity contribution is 0.623. The van der Waals surface area contributed by atoms with Gasteiger partial charge in [-0.1, -0.05) is 34.1 Å². The van der Waals surface area contributed by atoms with Gasteiger partial charge in [-0.2, -0.15) is 5.26 Å². The molecule has 0 bridgehead atoms. The van der Waals surface area contributed by atoms with Gasteiger partial charge in [-0.05, 0) is 35.9 Å². The normalized spacial score (nSPS) is 10.1. The van der Waals surface area contributed by atoms with E-state index in [0.717, 1.165) is 15.7 Å². The molecule has 0 saturated heterocycles. The van der Waals surface area contributed by atoms with E-state index in [1.54, 1.807) is 0 Å². The van der Waals surface area contributed by atoms with Crippen molar-refractivity contribution in [1.29, 1.82) is 5.26 Å². The molecular formula is C16H14BrFN2. The van der Waals surface area contributed by atoms with Gasteiger partial charge >= 0.3 is 0 Å². The number of rotatable bonds is 5. The van der Waals surface area contributed by atoms with Crippen molar-refractivity contribution in [2.45, 2.75) is 13.0 Å². The molecule has 0 N–H and O–H groups in total. The summed E-state index contributed by atoms with van der Waals surface area (Å²) in [5.41, 5.74) is 1.90. The van der Waals surface area contributed by atoms with Gasteiger partial charge in [0.1, 0.15) is 5.82 Å². The Hall–Kier alpha value is -1.86. The molecule has 0 atom stereocenters. The highest BCUT2D eigenvalue weighted by molar-refractivity contribution is 9.10. The maximum absolute atomic E-state index is 13.4. The quantitative estimate of drug-likeness (QED) is 0.805. The van der Waals surface area contributed by atoms with Gasteiger partial charge < -0.3 is 4.90 Å². The molecule has 0 saturated carbocycles. The van der Waals surface area contributed by atoms with Crippen molar-refractivity contribution in [2.75, 3.05) is 11.4 Å². The third kappa shape index (κ3) is 4.07. The highest BCUT2D eigenvalue weighted by atomic mass is 79.9. The maximum Gasteiger partial charge on any atom is 0.124 e. The Morgan fingerprint density at radius 2 is 1.90 bits per heavy atom. The number of hydrogen-bond acceptors (Lipinski definition) is 2. The number of anilines is 1. The van der Waals surface area contributed by atoms with Gasteiger partial charge in [-0.3, -0.25) is 0 Å². The van der Waals surface area contributed by atoms with Crippen LogP contribution in [-0.4, -0.2) is 6.54 Å². The smallest absolute Gasteiger partial charge is 0.124 e. The van der Waals surface area contributed by atoms with Gasteiger partial charge in [0.2, 0.25) is 0 Å². The largest absolute Gasteiger partial charge is 0.366 e. The summed E-state index contributed by atoms with van der Waals surface area (Å²) in [4.78, 5) is 2.07. The zero-order valence-electron chi connectivity index (χ0n) is 10.9. The predicted octanol–water partition coefficient (Wildman–Crippen LogP) is 4.51. The molecule has 20 heavy (non-hydrogen) atoms. The molecule has 0 radical (unpaired) electrons. The second-order valence-electron chi connectivity index (χ2n) is 4.44. The summed E-state index contributed by atoms with van der Waals surface area (Å²) in [7, 11) is 0.